The lowest BCUT2D eigenvalue weighted by Crippen LogP contribution is -2.53. The lowest BCUT2D eigenvalue weighted by molar-refractivity contribution is -0.309. The summed E-state index contributed by atoms with van der Waals surface area (Å²) in [5, 5.41) is 9.64. The van der Waals surface area contributed by atoms with E-state index in [0.29, 0.717) is 24.3 Å². The van der Waals surface area contributed by atoms with Crippen LogP contribution in [0.1, 0.15) is 0 Å². The third-order valence-corrected chi connectivity index (χ3v) is 5.80. The standard InChI is InChI=1S/C19H12F6O6/c20-18(21,22)17(19(23,24)25,7-1-3-9-11(5-7)15(28)30-13(9)26)8-2-4-10-12(6-8)16(29)31-14(10)27/h1-6,9-13,26H. The number of fused-ring (bicyclic) bond motifs is 2. The molecule has 4 aliphatic rings. The van der Waals surface area contributed by atoms with Crippen molar-refractivity contribution in [3.63, 3.8) is 0 Å². The van der Waals surface area contributed by atoms with Gasteiger partial charge in [-0.25, -0.2) is 0 Å². The van der Waals surface area contributed by atoms with E-state index in [2.05, 4.69) is 9.47 Å². The molecule has 6 nitrogen and oxygen atoms in total. The second kappa shape index (κ2) is 6.55. The molecule has 2 aliphatic carbocycles. The first kappa shape index (κ1) is 21.3. The van der Waals surface area contributed by atoms with Gasteiger partial charge in [0.1, 0.15) is 0 Å². The van der Waals surface area contributed by atoms with Crippen molar-refractivity contribution in [1.29, 1.82) is 0 Å². The van der Waals surface area contributed by atoms with Crippen molar-refractivity contribution < 1.29 is 55.3 Å². The first-order chi connectivity index (χ1) is 14.3. The molecule has 0 bridgehead atoms. The minimum absolute atomic E-state index is 0.432. The Kier molecular flexibility index (Phi) is 4.51. The van der Waals surface area contributed by atoms with Gasteiger partial charge in [-0.2, -0.15) is 26.3 Å². The summed E-state index contributed by atoms with van der Waals surface area (Å²) in [4.78, 5) is 35.2. The number of cyclic esters (lactones) is 3. The Morgan fingerprint density at radius 2 is 1.26 bits per heavy atom. The molecule has 2 saturated heterocycles. The predicted molar refractivity (Wildman–Crippen MR) is 86.1 cm³/mol. The van der Waals surface area contributed by atoms with Crippen molar-refractivity contribution in [1.82, 2.24) is 0 Å². The maximum Gasteiger partial charge on any atom is 0.411 e. The van der Waals surface area contributed by atoms with Crippen LogP contribution in [0.15, 0.2) is 47.6 Å². The summed E-state index contributed by atoms with van der Waals surface area (Å²) >= 11 is 0. The van der Waals surface area contributed by atoms with Crippen LogP contribution < -0.4 is 0 Å². The zero-order valence-electron chi connectivity index (χ0n) is 15.1. The van der Waals surface area contributed by atoms with Crippen molar-refractivity contribution >= 4 is 17.9 Å². The number of carbonyl (C=O) groups excluding carboxylic acids is 3. The van der Waals surface area contributed by atoms with Crippen molar-refractivity contribution in [2.45, 2.75) is 18.6 Å². The summed E-state index contributed by atoms with van der Waals surface area (Å²) in [5.74, 6) is -9.17. The molecule has 5 atom stereocenters. The molecule has 5 unspecified atom stereocenters. The van der Waals surface area contributed by atoms with Gasteiger partial charge >= 0.3 is 30.3 Å². The molecule has 12 heteroatoms. The minimum atomic E-state index is -5.95. The number of esters is 3. The highest BCUT2D eigenvalue weighted by Crippen LogP contribution is 2.62. The Morgan fingerprint density at radius 1 is 0.742 bits per heavy atom. The first-order valence-electron chi connectivity index (χ1n) is 8.87. The van der Waals surface area contributed by atoms with Crippen LogP contribution in [0.2, 0.25) is 0 Å². The van der Waals surface area contributed by atoms with E-state index in [1.54, 1.807) is 0 Å². The van der Waals surface area contributed by atoms with Crippen LogP contribution in [0.25, 0.3) is 0 Å². The third-order valence-electron chi connectivity index (χ3n) is 5.80. The van der Waals surface area contributed by atoms with Gasteiger partial charge in [-0.1, -0.05) is 36.5 Å². The number of alkyl halides is 6. The summed E-state index contributed by atoms with van der Waals surface area (Å²) in [6.45, 7) is 0. The SMILES string of the molecule is O=C1OC(=O)C2C=C(C(C3=CC4C(=O)OC(O)C4C=C3)(C(F)(F)F)C(F)(F)F)C=CC12. The Morgan fingerprint density at radius 3 is 1.84 bits per heavy atom. The van der Waals surface area contributed by atoms with Gasteiger partial charge < -0.3 is 14.6 Å². The van der Waals surface area contributed by atoms with E-state index in [4.69, 9.17) is 0 Å². The van der Waals surface area contributed by atoms with Crippen molar-refractivity contribution in [2.24, 2.45) is 29.1 Å². The first-order valence-corrected chi connectivity index (χ1v) is 8.87. The fourth-order valence-electron chi connectivity index (χ4n) is 4.31. The van der Waals surface area contributed by atoms with Crippen LogP contribution >= 0.6 is 0 Å². The maximum absolute atomic E-state index is 14.3. The molecule has 0 radical (unpaired) electrons. The van der Waals surface area contributed by atoms with Crippen LogP contribution in [0.3, 0.4) is 0 Å². The van der Waals surface area contributed by atoms with Crippen LogP contribution in [0, 0.1) is 29.1 Å². The monoisotopic (exact) mass is 450 g/mol. The molecule has 0 aromatic carbocycles. The van der Waals surface area contributed by atoms with E-state index in [9.17, 15) is 45.8 Å². The fourth-order valence-corrected chi connectivity index (χ4v) is 4.31. The maximum atomic E-state index is 14.3. The summed E-state index contributed by atoms with van der Waals surface area (Å²) < 4.78 is 94.4. The second-order valence-corrected chi connectivity index (χ2v) is 7.43. The van der Waals surface area contributed by atoms with E-state index in [1.165, 1.54) is 0 Å². The molecule has 2 heterocycles. The number of ether oxygens (including phenoxy) is 2. The summed E-state index contributed by atoms with van der Waals surface area (Å²) in [5.41, 5.74) is -7.25. The highest BCUT2D eigenvalue weighted by Gasteiger charge is 2.74. The molecule has 1 N–H and O–H groups in total. The molecule has 4 rings (SSSR count). The summed E-state index contributed by atoms with van der Waals surface area (Å²) in [7, 11) is 0. The quantitative estimate of drug-likeness (QED) is 0.395. The highest BCUT2D eigenvalue weighted by molar-refractivity contribution is 5.99. The second-order valence-electron chi connectivity index (χ2n) is 7.43. The number of hydrogen-bond acceptors (Lipinski definition) is 6. The molecule has 2 aliphatic heterocycles. The van der Waals surface area contributed by atoms with Crippen LogP contribution in [0.4, 0.5) is 26.3 Å². The number of aliphatic hydroxyl groups is 1. The van der Waals surface area contributed by atoms with E-state index in [-0.39, 0.29) is 0 Å². The number of rotatable bonds is 2. The zero-order valence-corrected chi connectivity index (χ0v) is 15.1. The van der Waals surface area contributed by atoms with Gasteiger partial charge in [-0.15, -0.1) is 0 Å². The molecule has 31 heavy (non-hydrogen) atoms. The Bertz CT molecular complexity index is 971. The lowest BCUT2D eigenvalue weighted by Gasteiger charge is -2.41. The van der Waals surface area contributed by atoms with E-state index in [1.807, 2.05) is 0 Å². The predicted octanol–water partition coefficient (Wildman–Crippen LogP) is 2.51. The number of carbonyl (C=O) groups is 3. The summed E-state index contributed by atoms with van der Waals surface area (Å²) in [6.07, 6.45) is -10.1. The Labute approximate surface area is 169 Å². The van der Waals surface area contributed by atoms with Gasteiger partial charge in [-0.05, 0) is 11.1 Å². The minimum Gasteiger partial charge on any atom is -0.435 e. The number of allylic oxidation sites excluding steroid dienone is 4. The molecular formula is C19H12F6O6. The summed E-state index contributed by atoms with van der Waals surface area (Å²) in [6, 6.07) is 0. The largest absolute Gasteiger partial charge is 0.435 e. The van der Waals surface area contributed by atoms with Gasteiger partial charge in [0, 0.05) is 0 Å². The normalized spacial score (nSPS) is 32.9. The topological polar surface area (TPSA) is 89.9 Å². The van der Waals surface area contributed by atoms with E-state index in [0.717, 1.165) is 12.2 Å². The average molecular weight is 450 g/mol. The lowest BCUT2D eigenvalue weighted by atomic mass is 9.66. The van der Waals surface area contributed by atoms with Gasteiger partial charge in [0.15, 0.2) is 0 Å². The zero-order chi connectivity index (χ0) is 22.9. The van der Waals surface area contributed by atoms with Crippen molar-refractivity contribution in [3.8, 4) is 0 Å². The van der Waals surface area contributed by atoms with Gasteiger partial charge in [0.25, 0.3) is 0 Å². The molecule has 0 aromatic heterocycles. The molecule has 0 aromatic rings. The smallest absolute Gasteiger partial charge is 0.411 e. The van der Waals surface area contributed by atoms with E-state index >= 15 is 0 Å². The average Bonchev–Trinajstić information content (AvgIpc) is 3.09. The molecule has 0 spiro atoms. The van der Waals surface area contributed by atoms with Crippen molar-refractivity contribution in [3.05, 3.63) is 47.6 Å². The van der Waals surface area contributed by atoms with Crippen LogP contribution in [-0.4, -0.2) is 41.7 Å². The fraction of sp³-hybridized carbons (Fsp3) is 0.421. The Hall–Kier alpha value is -2.89. The third kappa shape index (κ3) is 2.87. The van der Waals surface area contributed by atoms with Gasteiger partial charge in [0.2, 0.25) is 11.7 Å². The molecule has 0 amide bonds. The molecule has 166 valence electrons. The Balaban J connectivity index is 1.92. The molecule has 2 fully saturated rings. The highest BCUT2D eigenvalue weighted by atomic mass is 19.4. The van der Waals surface area contributed by atoms with Crippen LogP contribution in [-0.2, 0) is 23.9 Å². The van der Waals surface area contributed by atoms with Crippen LogP contribution in [0.5, 0.6) is 0 Å². The number of aliphatic hydroxyl groups excluding tert-OH is 1. The van der Waals surface area contributed by atoms with Gasteiger partial charge in [0.05, 0.1) is 23.7 Å². The van der Waals surface area contributed by atoms with E-state index < -0.39 is 76.8 Å². The molecular weight excluding hydrogens is 438 g/mol. The van der Waals surface area contributed by atoms with Crippen molar-refractivity contribution in [2.75, 3.05) is 0 Å². The number of halogens is 6. The molecule has 0 saturated carbocycles. The van der Waals surface area contributed by atoms with Gasteiger partial charge in [-0.3, -0.25) is 14.4 Å². The number of hydrogen-bond donors (Lipinski definition) is 1.